The topological polar surface area (TPSA) is 80.0 Å². The van der Waals surface area contributed by atoms with E-state index in [1.807, 2.05) is 0 Å². The molecule has 0 aliphatic heterocycles. The fraction of sp³-hybridized carbons (Fsp3) is 0.455. The molecule has 2 aliphatic rings. The van der Waals surface area contributed by atoms with E-state index in [1.165, 1.54) is 6.20 Å². The smallest absolute Gasteiger partial charge is 0.185 e. The minimum atomic E-state index is -1.24. The highest BCUT2D eigenvalue weighted by molar-refractivity contribution is 6.16. The first-order valence-corrected chi connectivity index (χ1v) is 10.5. The number of benzene rings is 1. The molecule has 164 valence electrons. The molecule has 2 aromatic heterocycles. The van der Waals surface area contributed by atoms with Crippen molar-refractivity contribution in [3.8, 4) is 22.8 Å². The van der Waals surface area contributed by atoms with Crippen LogP contribution in [0.25, 0.3) is 17.1 Å². The molecule has 10 heteroatoms. The number of aromatic nitrogens is 5. The highest BCUT2D eigenvalue weighted by Crippen LogP contribution is 2.63. The van der Waals surface area contributed by atoms with Gasteiger partial charge < -0.3 is 14.6 Å². The number of halogens is 2. The predicted molar refractivity (Wildman–Crippen MR) is 116 cm³/mol. The van der Waals surface area contributed by atoms with Crippen LogP contribution in [0.15, 0.2) is 43.1 Å². The Morgan fingerprint density at radius 1 is 1.25 bits per heavy atom. The average molecular weight is 436 g/mol. The number of imidazole rings is 1. The summed E-state index contributed by atoms with van der Waals surface area (Å²) in [6, 6.07) is 4.47. The second kappa shape index (κ2) is 7.25. The van der Waals surface area contributed by atoms with Crippen molar-refractivity contribution in [1.29, 1.82) is 0 Å². The first-order valence-electron chi connectivity index (χ1n) is 10.5. The Bertz CT molecular complexity index is 1130. The molecule has 2 fully saturated rings. The predicted octanol–water partition coefficient (Wildman–Crippen LogP) is 3.44. The van der Waals surface area contributed by atoms with Crippen molar-refractivity contribution in [1.82, 2.24) is 24.7 Å². The van der Waals surface area contributed by atoms with Crippen molar-refractivity contribution in [3.05, 3.63) is 43.1 Å². The van der Waals surface area contributed by atoms with Crippen molar-refractivity contribution in [3.63, 3.8) is 0 Å². The molecule has 3 aromatic rings. The summed E-state index contributed by atoms with van der Waals surface area (Å²) in [4.78, 5) is 9.96. The molecule has 0 saturated heterocycles. The Morgan fingerprint density at radius 3 is 2.72 bits per heavy atom. The maximum Gasteiger partial charge on any atom is 0.185 e. The SMILES string of the molecule is [B][C@]12C[C@@H](N(C)c3cnc(-c4ccc(-n5ccnc5)cc4O)nn3)[C@H](F)[C@](C)(C[C@H]1F)C2. The van der Waals surface area contributed by atoms with Crippen LogP contribution >= 0.6 is 0 Å². The van der Waals surface area contributed by atoms with Gasteiger partial charge in [0.1, 0.15) is 11.9 Å². The van der Waals surface area contributed by atoms with E-state index < -0.39 is 29.1 Å². The van der Waals surface area contributed by atoms with Gasteiger partial charge in [0.05, 0.1) is 43.8 Å². The zero-order valence-corrected chi connectivity index (χ0v) is 17.9. The van der Waals surface area contributed by atoms with Gasteiger partial charge in [-0.3, -0.25) is 0 Å². The van der Waals surface area contributed by atoms with Crippen LogP contribution in [0.3, 0.4) is 0 Å². The van der Waals surface area contributed by atoms with Crippen LogP contribution in [0.5, 0.6) is 5.75 Å². The molecule has 2 aliphatic carbocycles. The van der Waals surface area contributed by atoms with Crippen LogP contribution in [0, 0.1) is 5.41 Å². The van der Waals surface area contributed by atoms with E-state index in [4.69, 9.17) is 7.85 Å². The lowest BCUT2D eigenvalue weighted by atomic mass is 9.56. The molecule has 5 rings (SSSR count). The molecule has 1 aromatic carbocycles. The first kappa shape index (κ1) is 20.8. The van der Waals surface area contributed by atoms with Crippen molar-refractivity contribution in [2.24, 2.45) is 5.41 Å². The average Bonchev–Trinajstić information content (AvgIpc) is 3.37. The quantitative estimate of drug-likeness (QED) is 0.632. The third kappa shape index (κ3) is 3.23. The summed E-state index contributed by atoms with van der Waals surface area (Å²) >= 11 is 0. The number of phenolic OH excluding ortho intramolecular Hbond substituents is 1. The number of anilines is 1. The number of aromatic hydroxyl groups is 1. The lowest BCUT2D eigenvalue weighted by Gasteiger charge is -2.46. The molecule has 0 unspecified atom stereocenters. The molecule has 2 radical (unpaired) electrons. The van der Waals surface area contributed by atoms with E-state index in [2.05, 4.69) is 20.2 Å². The Hall–Kier alpha value is -3.04. The van der Waals surface area contributed by atoms with Gasteiger partial charge in [-0.25, -0.2) is 18.7 Å². The summed E-state index contributed by atoms with van der Waals surface area (Å²) in [6.07, 6.45) is 4.72. The molecular weight excluding hydrogens is 413 g/mol. The third-order valence-electron chi connectivity index (χ3n) is 7.03. The van der Waals surface area contributed by atoms with E-state index in [0.29, 0.717) is 17.8 Å². The summed E-state index contributed by atoms with van der Waals surface area (Å²) in [5.41, 5.74) is 0.363. The maximum absolute atomic E-state index is 15.4. The Labute approximate surface area is 185 Å². The monoisotopic (exact) mass is 436 g/mol. The Morgan fingerprint density at radius 2 is 2.06 bits per heavy atom. The summed E-state index contributed by atoms with van der Waals surface area (Å²) in [5.74, 6) is 0.599. The molecule has 2 saturated carbocycles. The standard InChI is InChI=1S/C22H23BF2N6O/c1-21-9-17(24)22(23,11-21)8-15(19(21)25)30(2)18-10-27-20(29-28-18)14-4-3-13(7-16(14)32)31-6-5-26-12-31/h3-7,10,12,15,17,19,32H,8-9,11H2,1-2H3/t15-,17-,19+,21-,22+/m1/s1. The fourth-order valence-electron chi connectivity index (χ4n) is 5.25. The van der Waals surface area contributed by atoms with Crippen molar-refractivity contribution < 1.29 is 13.9 Å². The molecule has 2 heterocycles. The summed E-state index contributed by atoms with van der Waals surface area (Å²) in [5, 5.41) is 17.8. The number of phenols is 1. The first-order chi connectivity index (χ1) is 15.2. The highest BCUT2D eigenvalue weighted by Gasteiger charge is 2.61. The fourth-order valence-corrected chi connectivity index (χ4v) is 5.25. The lowest BCUT2D eigenvalue weighted by Crippen LogP contribution is -2.51. The molecule has 7 nitrogen and oxygen atoms in total. The van der Waals surface area contributed by atoms with Gasteiger partial charge >= 0.3 is 0 Å². The second-order valence-corrected chi connectivity index (χ2v) is 9.33. The molecule has 0 spiro atoms. The zero-order chi connectivity index (χ0) is 22.7. The zero-order valence-electron chi connectivity index (χ0n) is 17.9. The minimum absolute atomic E-state index is 0.00114. The van der Waals surface area contributed by atoms with Crippen LogP contribution in [-0.4, -0.2) is 63.1 Å². The summed E-state index contributed by atoms with van der Waals surface area (Å²) < 4.78 is 31.7. The minimum Gasteiger partial charge on any atom is -0.507 e. The number of nitrogens with zero attached hydrogens (tertiary/aromatic N) is 6. The second-order valence-electron chi connectivity index (χ2n) is 9.33. The number of hydrogen-bond acceptors (Lipinski definition) is 6. The van der Waals surface area contributed by atoms with Crippen molar-refractivity contribution in [2.45, 2.75) is 49.9 Å². The van der Waals surface area contributed by atoms with Crippen LogP contribution in [0.4, 0.5) is 14.6 Å². The Balaban J connectivity index is 1.38. The van der Waals surface area contributed by atoms with Gasteiger partial charge in [-0.1, -0.05) is 6.92 Å². The van der Waals surface area contributed by atoms with Crippen LogP contribution < -0.4 is 4.90 Å². The number of alkyl halides is 2. The molecule has 2 bridgehead atoms. The molecule has 5 atom stereocenters. The van der Waals surface area contributed by atoms with Crippen molar-refractivity contribution in [2.75, 3.05) is 11.9 Å². The lowest BCUT2D eigenvalue weighted by molar-refractivity contribution is 0.0691. The highest BCUT2D eigenvalue weighted by atomic mass is 19.1. The van der Waals surface area contributed by atoms with Gasteiger partial charge in [0.25, 0.3) is 0 Å². The van der Waals surface area contributed by atoms with E-state index in [1.54, 1.807) is 60.4 Å². The van der Waals surface area contributed by atoms with Crippen LogP contribution in [0.1, 0.15) is 26.2 Å². The molecular formula is C22H23BF2N6O. The van der Waals surface area contributed by atoms with E-state index in [0.717, 1.165) is 5.69 Å². The third-order valence-corrected chi connectivity index (χ3v) is 7.03. The Kier molecular flexibility index (Phi) is 4.72. The van der Waals surface area contributed by atoms with Gasteiger partial charge in [0.2, 0.25) is 0 Å². The van der Waals surface area contributed by atoms with E-state index >= 15 is 4.39 Å². The summed E-state index contributed by atoms with van der Waals surface area (Å²) in [7, 11) is 8.01. The van der Waals surface area contributed by atoms with E-state index in [9.17, 15) is 9.50 Å². The largest absolute Gasteiger partial charge is 0.507 e. The van der Waals surface area contributed by atoms with Gasteiger partial charge in [0, 0.05) is 30.9 Å². The van der Waals surface area contributed by atoms with E-state index in [-0.39, 0.29) is 24.4 Å². The number of rotatable bonds is 4. The number of fused-ring (bicyclic) bond motifs is 2. The summed E-state index contributed by atoms with van der Waals surface area (Å²) in [6.45, 7) is 1.77. The van der Waals surface area contributed by atoms with Crippen LogP contribution in [0.2, 0.25) is 5.31 Å². The van der Waals surface area contributed by atoms with Crippen LogP contribution in [-0.2, 0) is 0 Å². The van der Waals surface area contributed by atoms with Gasteiger partial charge in [-0.15, -0.1) is 10.2 Å². The van der Waals surface area contributed by atoms with Gasteiger partial charge in [-0.2, -0.15) is 0 Å². The normalized spacial score (nSPS) is 31.6. The molecule has 1 N–H and O–H groups in total. The molecule has 0 amide bonds. The maximum atomic E-state index is 15.4. The van der Waals surface area contributed by atoms with Gasteiger partial charge in [-0.05, 0) is 36.7 Å². The van der Waals surface area contributed by atoms with Crippen molar-refractivity contribution >= 4 is 13.7 Å². The van der Waals surface area contributed by atoms with Gasteiger partial charge in [0.15, 0.2) is 11.6 Å². The molecule has 32 heavy (non-hydrogen) atoms. The number of hydrogen-bond donors (Lipinski definition) is 1.